The van der Waals surface area contributed by atoms with Crippen molar-refractivity contribution >= 4 is 11.6 Å². The van der Waals surface area contributed by atoms with Gasteiger partial charge in [-0.3, -0.25) is 4.68 Å². The van der Waals surface area contributed by atoms with E-state index in [1.165, 1.54) is 4.52 Å². The first-order valence-corrected chi connectivity index (χ1v) is 10.1. The van der Waals surface area contributed by atoms with E-state index in [1.807, 2.05) is 40.9 Å². The maximum absolute atomic E-state index is 14.4. The highest BCUT2D eigenvalue weighted by Gasteiger charge is 2.47. The normalized spacial score (nSPS) is 21.1. The molecule has 0 spiro atoms. The van der Waals surface area contributed by atoms with E-state index in [0.717, 1.165) is 11.8 Å². The number of hydrogen-bond acceptors (Lipinski definition) is 6. The van der Waals surface area contributed by atoms with E-state index in [-0.39, 0.29) is 23.5 Å². The van der Waals surface area contributed by atoms with Gasteiger partial charge in [-0.2, -0.15) is 10.2 Å². The molecule has 1 aliphatic rings. The van der Waals surface area contributed by atoms with Gasteiger partial charge in [-0.25, -0.2) is 18.7 Å². The molecule has 3 heterocycles. The fraction of sp³-hybridized carbons (Fsp3) is 0.524. The Morgan fingerprint density at radius 1 is 1.26 bits per heavy atom. The second kappa shape index (κ2) is 7.21. The molecule has 1 aliphatic carbocycles. The third kappa shape index (κ3) is 4.19. The second-order valence-electron chi connectivity index (χ2n) is 9.32. The monoisotopic (exact) mass is 430 g/mol. The molecule has 0 aliphatic heterocycles. The summed E-state index contributed by atoms with van der Waals surface area (Å²) in [6.07, 6.45) is 7.04. The summed E-state index contributed by atoms with van der Waals surface area (Å²) >= 11 is 0. The molecule has 1 fully saturated rings. The Bertz CT molecular complexity index is 1130. The third-order valence-corrected chi connectivity index (χ3v) is 5.33. The number of carbonyl (C=O) groups is 1. The zero-order chi connectivity index (χ0) is 22.6. The average Bonchev–Trinajstić information content (AvgIpc) is 3.23. The smallest absolute Gasteiger partial charge is 0.410 e. The van der Waals surface area contributed by atoms with E-state index in [2.05, 4.69) is 15.2 Å². The summed E-state index contributed by atoms with van der Waals surface area (Å²) in [5.74, 6) is -0.345. The van der Waals surface area contributed by atoms with Crippen LogP contribution in [0.15, 0.2) is 24.8 Å². The maximum Gasteiger partial charge on any atom is 0.410 e. The van der Waals surface area contributed by atoms with Gasteiger partial charge in [0.2, 0.25) is 5.88 Å². The molecule has 3 aromatic heterocycles. The van der Waals surface area contributed by atoms with Crippen LogP contribution in [0.3, 0.4) is 0 Å². The van der Waals surface area contributed by atoms with Crippen LogP contribution < -0.4 is 4.74 Å². The SMILES string of the molecule is Cn1cc(-c2cn3ncc(F)c3c(O[C@]3(C)C[C@H](N(C)C(=O)OC(C)(C)C)C3)n2)cn1. The number of nitrogens with zero attached hydrogens (tertiary/aromatic N) is 6. The number of aryl methyl sites for hydroxylation is 1. The molecule has 1 saturated carbocycles. The van der Waals surface area contributed by atoms with Crippen LogP contribution in [0.1, 0.15) is 40.5 Å². The zero-order valence-corrected chi connectivity index (χ0v) is 18.6. The van der Waals surface area contributed by atoms with Gasteiger partial charge in [-0.05, 0) is 27.7 Å². The molecule has 10 heteroatoms. The lowest BCUT2D eigenvalue weighted by Gasteiger charge is -2.48. The Labute approximate surface area is 179 Å². The Morgan fingerprint density at radius 3 is 2.58 bits per heavy atom. The molecule has 0 atom stereocenters. The molecule has 0 radical (unpaired) electrons. The number of halogens is 1. The highest BCUT2D eigenvalue weighted by molar-refractivity contribution is 5.68. The van der Waals surface area contributed by atoms with Crippen LogP contribution in [0, 0.1) is 5.82 Å². The van der Waals surface area contributed by atoms with Crippen LogP contribution in [-0.4, -0.2) is 59.7 Å². The van der Waals surface area contributed by atoms with E-state index in [0.29, 0.717) is 18.5 Å². The number of hydrogen-bond donors (Lipinski definition) is 0. The van der Waals surface area contributed by atoms with Crippen molar-refractivity contribution in [2.24, 2.45) is 7.05 Å². The summed E-state index contributed by atoms with van der Waals surface area (Å²) < 4.78 is 29.1. The molecule has 0 unspecified atom stereocenters. The molecule has 0 bridgehead atoms. The van der Waals surface area contributed by atoms with E-state index in [9.17, 15) is 9.18 Å². The van der Waals surface area contributed by atoms with Crippen molar-refractivity contribution in [3.63, 3.8) is 0 Å². The molecule has 166 valence electrons. The predicted octanol–water partition coefficient (Wildman–Crippen LogP) is 3.44. The lowest BCUT2D eigenvalue weighted by Crippen LogP contribution is -2.57. The molecular formula is C21H27FN6O3. The lowest BCUT2D eigenvalue weighted by molar-refractivity contribution is -0.0588. The van der Waals surface area contributed by atoms with Gasteiger partial charge in [0.1, 0.15) is 11.2 Å². The molecule has 0 saturated heterocycles. The molecule has 1 amide bonds. The van der Waals surface area contributed by atoms with Gasteiger partial charge >= 0.3 is 6.09 Å². The quantitative estimate of drug-likeness (QED) is 0.630. The minimum Gasteiger partial charge on any atom is -0.470 e. The van der Waals surface area contributed by atoms with Crippen LogP contribution in [-0.2, 0) is 11.8 Å². The fourth-order valence-electron chi connectivity index (χ4n) is 3.72. The van der Waals surface area contributed by atoms with Crippen molar-refractivity contribution in [1.82, 2.24) is 29.3 Å². The predicted molar refractivity (Wildman–Crippen MR) is 111 cm³/mol. The van der Waals surface area contributed by atoms with E-state index < -0.39 is 17.0 Å². The summed E-state index contributed by atoms with van der Waals surface area (Å²) in [5.41, 5.74) is 0.364. The topological polar surface area (TPSA) is 86.8 Å². The van der Waals surface area contributed by atoms with Crippen molar-refractivity contribution in [2.75, 3.05) is 7.05 Å². The number of carbonyl (C=O) groups excluding carboxylic acids is 1. The fourth-order valence-corrected chi connectivity index (χ4v) is 3.72. The minimum absolute atomic E-state index is 0.0351. The van der Waals surface area contributed by atoms with E-state index >= 15 is 0 Å². The first-order valence-electron chi connectivity index (χ1n) is 10.1. The van der Waals surface area contributed by atoms with Crippen molar-refractivity contribution in [2.45, 2.75) is 57.8 Å². The molecular weight excluding hydrogens is 403 g/mol. The van der Waals surface area contributed by atoms with Crippen LogP contribution in [0.5, 0.6) is 5.88 Å². The number of amides is 1. The van der Waals surface area contributed by atoms with Crippen LogP contribution in [0.4, 0.5) is 9.18 Å². The molecule has 0 aromatic carbocycles. The molecule has 4 rings (SSSR count). The average molecular weight is 430 g/mol. The highest BCUT2D eigenvalue weighted by Crippen LogP contribution is 2.40. The Hall–Kier alpha value is -3.17. The summed E-state index contributed by atoms with van der Waals surface area (Å²) in [5, 5.41) is 8.23. The van der Waals surface area contributed by atoms with Crippen molar-refractivity contribution in [3.05, 3.63) is 30.6 Å². The number of rotatable bonds is 4. The lowest BCUT2D eigenvalue weighted by atomic mass is 9.76. The molecule has 0 N–H and O–H groups in total. The van der Waals surface area contributed by atoms with Crippen molar-refractivity contribution in [1.29, 1.82) is 0 Å². The van der Waals surface area contributed by atoms with Gasteiger partial charge in [-0.1, -0.05) is 0 Å². The van der Waals surface area contributed by atoms with Gasteiger partial charge in [0.15, 0.2) is 11.3 Å². The molecule has 9 nitrogen and oxygen atoms in total. The molecule has 3 aromatic rings. The van der Waals surface area contributed by atoms with Crippen molar-refractivity contribution < 1.29 is 18.7 Å². The summed E-state index contributed by atoms with van der Waals surface area (Å²) in [6, 6.07) is -0.0351. The van der Waals surface area contributed by atoms with Gasteiger partial charge in [0, 0.05) is 44.7 Å². The van der Waals surface area contributed by atoms with Gasteiger partial charge in [-0.15, -0.1) is 0 Å². The molecule has 31 heavy (non-hydrogen) atoms. The summed E-state index contributed by atoms with van der Waals surface area (Å²) in [7, 11) is 3.53. The van der Waals surface area contributed by atoms with Crippen LogP contribution in [0.25, 0.3) is 16.8 Å². The van der Waals surface area contributed by atoms with Crippen LogP contribution in [0.2, 0.25) is 0 Å². The second-order valence-corrected chi connectivity index (χ2v) is 9.32. The van der Waals surface area contributed by atoms with Crippen LogP contribution >= 0.6 is 0 Å². The minimum atomic E-state index is -0.599. The van der Waals surface area contributed by atoms with E-state index in [4.69, 9.17) is 9.47 Å². The van der Waals surface area contributed by atoms with E-state index in [1.54, 1.807) is 29.0 Å². The number of ether oxygens (including phenoxy) is 2. The summed E-state index contributed by atoms with van der Waals surface area (Å²) in [4.78, 5) is 18.5. The Balaban J connectivity index is 1.55. The Morgan fingerprint density at radius 2 is 1.97 bits per heavy atom. The standard InChI is InChI=1S/C21H27FN6O3/c1-20(2,3)31-19(29)27(6)14-7-21(4,8-14)30-18-17-15(22)10-24-28(17)12-16(25-18)13-9-23-26(5)11-13/h9-12,14H,7-8H2,1-6H3/t14-,21+. The largest absolute Gasteiger partial charge is 0.470 e. The maximum atomic E-state index is 14.4. The highest BCUT2D eigenvalue weighted by atomic mass is 19.1. The van der Waals surface area contributed by atoms with Crippen molar-refractivity contribution in [3.8, 4) is 17.1 Å². The Kier molecular flexibility index (Phi) is 4.90. The third-order valence-electron chi connectivity index (χ3n) is 5.33. The number of fused-ring (bicyclic) bond motifs is 1. The number of aromatic nitrogens is 5. The van der Waals surface area contributed by atoms with Gasteiger partial charge in [0.25, 0.3) is 0 Å². The van der Waals surface area contributed by atoms with Gasteiger partial charge < -0.3 is 14.4 Å². The first kappa shape index (κ1) is 21.1. The zero-order valence-electron chi connectivity index (χ0n) is 18.6. The summed E-state index contributed by atoms with van der Waals surface area (Å²) in [6.45, 7) is 7.42. The van der Waals surface area contributed by atoms with Gasteiger partial charge in [0.05, 0.1) is 24.3 Å². The first-order chi connectivity index (χ1) is 14.4.